The molecule has 0 aromatic heterocycles. The lowest BCUT2D eigenvalue weighted by atomic mass is 10.1. The second kappa shape index (κ2) is 10.1. The summed E-state index contributed by atoms with van der Waals surface area (Å²) >= 11 is 5.93. The number of ether oxygens (including phenoxy) is 1. The number of sulfonamides is 1. The summed E-state index contributed by atoms with van der Waals surface area (Å²) in [5.74, 6) is -1.32. The van der Waals surface area contributed by atoms with Crippen LogP contribution in [-0.4, -0.2) is 44.3 Å². The van der Waals surface area contributed by atoms with Crippen LogP contribution in [0.4, 0.5) is 5.69 Å². The van der Waals surface area contributed by atoms with Crippen molar-refractivity contribution in [1.82, 2.24) is 4.31 Å². The van der Waals surface area contributed by atoms with E-state index >= 15 is 0 Å². The number of esters is 1. The molecule has 2 aromatic rings. The van der Waals surface area contributed by atoms with Gasteiger partial charge in [0.2, 0.25) is 10.0 Å². The Morgan fingerprint density at radius 3 is 2.30 bits per heavy atom. The van der Waals surface area contributed by atoms with Crippen molar-refractivity contribution in [3.8, 4) is 0 Å². The molecule has 1 N–H and O–H groups in total. The van der Waals surface area contributed by atoms with Gasteiger partial charge in [-0.05, 0) is 49.2 Å². The quantitative estimate of drug-likeness (QED) is 0.615. The van der Waals surface area contributed by atoms with E-state index in [-0.39, 0.29) is 10.5 Å². The molecule has 0 bridgehead atoms. The van der Waals surface area contributed by atoms with E-state index in [2.05, 4.69) is 5.32 Å². The first-order valence-electron chi connectivity index (χ1n) is 9.44. The third-order valence-corrected chi connectivity index (χ3v) is 6.98. The average molecular weight is 453 g/mol. The molecule has 0 atom stereocenters. The molecule has 9 heteroatoms. The van der Waals surface area contributed by atoms with Crippen molar-refractivity contribution in [3.63, 3.8) is 0 Å². The van der Waals surface area contributed by atoms with Crippen LogP contribution in [0.25, 0.3) is 0 Å². The smallest absolute Gasteiger partial charge is 0.338 e. The third-order valence-electron chi connectivity index (χ3n) is 4.56. The number of amides is 1. The fourth-order valence-electron chi connectivity index (χ4n) is 2.84. The van der Waals surface area contributed by atoms with Crippen LogP contribution >= 0.6 is 11.6 Å². The Morgan fingerprint density at radius 1 is 1.03 bits per heavy atom. The molecule has 7 nitrogen and oxygen atoms in total. The number of benzene rings is 2. The topological polar surface area (TPSA) is 92.8 Å². The molecule has 2 rings (SSSR count). The molecule has 2 aromatic carbocycles. The van der Waals surface area contributed by atoms with E-state index in [4.69, 9.17) is 16.3 Å². The van der Waals surface area contributed by atoms with E-state index in [9.17, 15) is 18.0 Å². The maximum Gasteiger partial charge on any atom is 0.338 e. The van der Waals surface area contributed by atoms with Crippen LogP contribution in [-0.2, 0) is 19.6 Å². The minimum atomic E-state index is -3.73. The van der Waals surface area contributed by atoms with Crippen molar-refractivity contribution in [1.29, 1.82) is 0 Å². The van der Waals surface area contributed by atoms with Crippen molar-refractivity contribution >= 4 is 39.2 Å². The lowest BCUT2D eigenvalue weighted by Crippen LogP contribution is -2.31. The van der Waals surface area contributed by atoms with Gasteiger partial charge in [-0.2, -0.15) is 4.31 Å². The zero-order chi connectivity index (χ0) is 22.5. The lowest BCUT2D eigenvalue weighted by molar-refractivity contribution is -0.119. The number of carbonyl (C=O) groups excluding carboxylic acids is 2. The average Bonchev–Trinajstić information content (AvgIpc) is 2.69. The Bertz CT molecular complexity index is 1050. The van der Waals surface area contributed by atoms with Crippen LogP contribution < -0.4 is 5.32 Å². The van der Waals surface area contributed by atoms with Crippen LogP contribution in [0.3, 0.4) is 0 Å². The molecule has 0 spiro atoms. The van der Waals surface area contributed by atoms with Crippen molar-refractivity contribution in [3.05, 3.63) is 58.1 Å². The molecular formula is C21H25ClN2O5S. The van der Waals surface area contributed by atoms with E-state index in [0.717, 1.165) is 5.56 Å². The van der Waals surface area contributed by atoms with Crippen LogP contribution in [0, 0.1) is 13.8 Å². The van der Waals surface area contributed by atoms with Gasteiger partial charge in [-0.3, -0.25) is 4.79 Å². The summed E-state index contributed by atoms with van der Waals surface area (Å²) in [7, 11) is -3.73. The first-order chi connectivity index (χ1) is 14.1. The minimum Gasteiger partial charge on any atom is -0.452 e. The number of aryl methyl sites for hydroxylation is 2. The van der Waals surface area contributed by atoms with Gasteiger partial charge in [0.1, 0.15) is 0 Å². The van der Waals surface area contributed by atoms with E-state index in [0.29, 0.717) is 29.4 Å². The SMILES string of the molecule is CCN(CC)S(=O)(=O)c1cc(C(=O)OCC(=O)Nc2cc(Cl)ccc2C)ccc1C. The maximum atomic E-state index is 12.8. The van der Waals surface area contributed by atoms with Gasteiger partial charge >= 0.3 is 5.97 Å². The standard InChI is InChI=1S/C21H25ClN2O5S/c1-5-24(6-2)30(27,28)19-11-16(9-7-15(19)4)21(26)29-13-20(25)23-18-12-17(22)10-8-14(18)3/h7-12H,5-6,13H2,1-4H3,(H,23,25). The van der Waals surface area contributed by atoms with Crippen molar-refractivity contribution < 1.29 is 22.7 Å². The number of carbonyl (C=O) groups is 2. The van der Waals surface area contributed by atoms with Gasteiger partial charge in [-0.1, -0.05) is 37.6 Å². The highest BCUT2D eigenvalue weighted by Gasteiger charge is 2.25. The predicted molar refractivity (Wildman–Crippen MR) is 116 cm³/mol. The molecule has 0 radical (unpaired) electrons. The molecule has 0 aliphatic heterocycles. The van der Waals surface area contributed by atoms with E-state index in [1.165, 1.54) is 16.4 Å². The zero-order valence-electron chi connectivity index (χ0n) is 17.4. The predicted octanol–water partition coefficient (Wildman–Crippen LogP) is 3.78. The fourth-order valence-corrected chi connectivity index (χ4v) is 4.72. The molecule has 0 saturated carbocycles. The first kappa shape index (κ1) is 23.9. The Labute approximate surface area is 182 Å². The number of nitrogens with one attached hydrogen (secondary N) is 1. The second-order valence-corrected chi connectivity index (χ2v) is 9.00. The van der Waals surface area contributed by atoms with E-state index in [1.54, 1.807) is 45.0 Å². The molecule has 0 aliphatic carbocycles. The first-order valence-corrected chi connectivity index (χ1v) is 11.3. The molecule has 0 heterocycles. The highest BCUT2D eigenvalue weighted by atomic mass is 35.5. The highest BCUT2D eigenvalue weighted by Crippen LogP contribution is 2.22. The largest absolute Gasteiger partial charge is 0.452 e. The number of nitrogens with zero attached hydrogens (tertiary/aromatic N) is 1. The number of hydrogen-bond donors (Lipinski definition) is 1. The number of hydrogen-bond acceptors (Lipinski definition) is 5. The Kier molecular flexibility index (Phi) is 8.00. The molecule has 0 unspecified atom stereocenters. The van der Waals surface area contributed by atoms with Crippen LogP contribution in [0.15, 0.2) is 41.3 Å². The highest BCUT2D eigenvalue weighted by molar-refractivity contribution is 7.89. The van der Waals surface area contributed by atoms with Crippen LogP contribution in [0.2, 0.25) is 5.02 Å². The van der Waals surface area contributed by atoms with Gasteiger partial charge in [0.05, 0.1) is 10.5 Å². The van der Waals surface area contributed by atoms with Crippen LogP contribution in [0.1, 0.15) is 35.3 Å². The third kappa shape index (κ3) is 5.59. The minimum absolute atomic E-state index is 0.0413. The lowest BCUT2D eigenvalue weighted by Gasteiger charge is -2.20. The Hall–Kier alpha value is -2.42. The number of rotatable bonds is 8. The summed E-state index contributed by atoms with van der Waals surface area (Å²) < 4.78 is 32.0. The summed E-state index contributed by atoms with van der Waals surface area (Å²) in [6.45, 7) is 7.07. The van der Waals surface area contributed by atoms with Crippen LogP contribution in [0.5, 0.6) is 0 Å². The molecule has 0 aliphatic rings. The molecular weight excluding hydrogens is 428 g/mol. The number of anilines is 1. The van der Waals surface area contributed by atoms with Gasteiger partial charge in [0.15, 0.2) is 6.61 Å². The summed E-state index contributed by atoms with van der Waals surface area (Å²) in [6, 6.07) is 9.35. The van der Waals surface area contributed by atoms with Crippen molar-refractivity contribution in [2.45, 2.75) is 32.6 Å². The fraction of sp³-hybridized carbons (Fsp3) is 0.333. The zero-order valence-corrected chi connectivity index (χ0v) is 18.9. The van der Waals surface area contributed by atoms with Gasteiger partial charge in [0.25, 0.3) is 5.91 Å². The van der Waals surface area contributed by atoms with Gasteiger partial charge in [-0.15, -0.1) is 0 Å². The van der Waals surface area contributed by atoms with E-state index < -0.39 is 28.5 Å². The molecule has 1 amide bonds. The molecule has 30 heavy (non-hydrogen) atoms. The second-order valence-electron chi connectivity index (χ2n) is 6.65. The van der Waals surface area contributed by atoms with Gasteiger partial charge in [-0.25, -0.2) is 13.2 Å². The molecule has 0 fully saturated rings. The Morgan fingerprint density at radius 2 is 1.67 bits per heavy atom. The normalized spacial score (nSPS) is 11.4. The molecule has 162 valence electrons. The summed E-state index contributed by atoms with van der Waals surface area (Å²) in [5, 5.41) is 3.10. The summed E-state index contributed by atoms with van der Waals surface area (Å²) in [4.78, 5) is 24.6. The Balaban J connectivity index is 2.12. The van der Waals surface area contributed by atoms with Crippen molar-refractivity contribution in [2.75, 3.05) is 25.0 Å². The monoisotopic (exact) mass is 452 g/mol. The van der Waals surface area contributed by atoms with Crippen molar-refractivity contribution in [2.24, 2.45) is 0 Å². The summed E-state index contributed by atoms with van der Waals surface area (Å²) in [5.41, 5.74) is 1.90. The number of halogens is 1. The van der Waals surface area contributed by atoms with Gasteiger partial charge < -0.3 is 10.1 Å². The van der Waals surface area contributed by atoms with Gasteiger partial charge in [0, 0.05) is 23.8 Å². The summed E-state index contributed by atoms with van der Waals surface area (Å²) in [6.07, 6.45) is 0. The van der Waals surface area contributed by atoms with E-state index in [1.807, 2.05) is 6.92 Å². The maximum absolute atomic E-state index is 12.8. The molecule has 0 saturated heterocycles.